The first-order chi connectivity index (χ1) is 9.40. The maximum absolute atomic E-state index is 12.6. The topological polar surface area (TPSA) is 45.4 Å². The van der Waals surface area contributed by atoms with Crippen molar-refractivity contribution in [3.8, 4) is 0 Å². The summed E-state index contributed by atoms with van der Waals surface area (Å²) in [6, 6.07) is 6.84. The van der Waals surface area contributed by atoms with Gasteiger partial charge in [-0.2, -0.15) is 13.2 Å². The van der Waals surface area contributed by atoms with Gasteiger partial charge in [0.25, 0.3) is 0 Å². The number of alkyl halides is 3. The standard InChI is InChI=1S/C14H14F3NO2/c1-9-2-3-10(14(15,16)17)6-13(9)18-7-11-4-5-12(8-19)20-11/h2-6,18-19H,7-8H2,1H3. The monoisotopic (exact) mass is 285 g/mol. The van der Waals surface area contributed by atoms with Crippen molar-refractivity contribution in [3.05, 3.63) is 53.0 Å². The van der Waals surface area contributed by atoms with Gasteiger partial charge in [0.2, 0.25) is 0 Å². The van der Waals surface area contributed by atoms with Crippen molar-refractivity contribution in [2.75, 3.05) is 5.32 Å². The summed E-state index contributed by atoms with van der Waals surface area (Å²) >= 11 is 0. The molecule has 0 aliphatic rings. The lowest BCUT2D eigenvalue weighted by Gasteiger charge is -2.12. The summed E-state index contributed by atoms with van der Waals surface area (Å²) in [6.07, 6.45) is -4.36. The van der Waals surface area contributed by atoms with Crippen LogP contribution in [0.15, 0.2) is 34.7 Å². The molecule has 3 nitrogen and oxygen atoms in total. The number of hydrogen-bond donors (Lipinski definition) is 2. The van der Waals surface area contributed by atoms with E-state index in [0.717, 1.165) is 12.1 Å². The normalized spacial score (nSPS) is 11.7. The van der Waals surface area contributed by atoms with Crippen molar-refractivity contribution in [2.45, 2.75) is 26.3 Å². The van der Waals surface area contributed by atoms with E-state index >= 15 is 0 Å². The van der Waals surface area contributed by atoms with E-state index in [2.05, 4.69) is 5.32 Å². The summed E-state index contributed by atoms with van der Waals surface area (Å²) in [5.74, 6) is 0.966. The van der Waals surface area contributed by atoms with Crippen molar-refractivity contribution in [1.82, 2.24) is 0 Å². The lowest BCUT2D eigenvalue weighted by Crippen LogP contribution is -2.07. The molecule has 0 spiro atoms. The number of aliphatic hydroxyl groups is 1. The van der Waals surface area contributed by atoms with Gasteiger partial charge in [-0.3, -0.25) is 0 Å². The predicted octanol–water partition coefficient (Wildman–Crippen LogP) is 3.71. The number of nitrogens with one attached hydrogen (secondary N) is 1. The second kappa shape index (κ2) is 5.58. The molecule has 0 unspecified atom stereocenters. The fourth-order valence-electron chi connectivity index (χ4n) is 1.77. The Bertz CT molecular complexity index is 590. The molecular weight excluding hydrogens is 271 g/mol. The van der Waals surface area contributed by atoms with Gasteiger partial charge in [-0.15, -0.1) is 0 Å². The third kappa shape index (κ3) is 3.33. The minimum atomic E-state index is -4.36. The van der Waals surface area contributed by atoms with Gasteiger partial charge in [-0.1, -0.05) is 6.07 Å². The Morgan fingerprint density at radius 2 is 1.85 bits per heavy atom. The number of hydrogen-bond acceptors (Lipinski definition) is 3. The lowest BCUT2D eigenvalue weighted by molar-refractivity contribution is -0.137. The van der Waals surface area contributed by atoms with E-state index in [4.69, 9.17) is 9.52 Å². The van der Waals surface area contributed by atoms with Gasteiger partial charge in [0.15, 0.2) is 0 Å². The third-order valence-electron chi connectivity index (χ3n) is 2.89. The molecule has 2 aromatic rings. The number of aryl methyl sites for hydroxylation is 1. The van der Waals surface area contributed by atoms with Crippen LogP contribution < -0.4 is 5.32 Å². The Morgan fingerprint density at radius 1 is 1.15 bits per heavy atom. The van der Waals surface area contributed by atoms with Crippen LogP contribution in [0.25, 0.3) is 0 Å². The number of anilines is 1. The summed E-state index contributed by atoms with van der Waals surface area (Å²) in [5, 5.41) is 11.8. The first kappa shape index (κ1) is 14.5. The molecule has 1 aromatic carbocycles. The number of halogens is 3. The second-order valence-corrected chi connectivity index (χ2v) is 4.41. The number of rotatable bonds is 4. The molecule has 2 rings (SSSR count). The van der Waals surface area contributed by atoms with Crippen molar-refractivity contribution in [3.63, 3.8) is 0 Å². The van der Waals surface area contributed by atoms with Gasteiger partial charge in [-0.25, -0.2) is 0 Å². The molecule has 0 aliphatic carbocycles. The fourth-order valence-corrected chi connectivity index (χ4v) is 1.77. The summed E-state index contributed by atoms with van der Waals surface area (Å²) in [4.78, 5) is 0. The Labute approximate surface area is 114 Å². The zero-order valence-corrected chi connectivity index (χ0v) is 10.8. The van der Waals surface area contributed by atoms with Gasteiger partial charge in [0, 0.05) is 5.69 Å². The van der Waals surface area contributed by atoms with Crippen LogP contribution in [0.5, 0.6) is 0 Å². The highest BCUT2D eigenvalue weighted by Crippen LogP contribution is 2.32. The van der Waals surface area contributed by atoms with Gasteiger partial charge < -0.3 is 14.8 Å². The van der Waals surface area contributed by atoms with Gasteiger partial charge in [0.05, 0.1) is 12.1 Å². The minimum Gasteiger partial charge on any atom is -0.462 e. The zero-order valence-electron chi connectivity index (χ0n) is 10.8. The van der Waals surface area contributed by atoms with E-state index in [1.54, 1.807) is 19.1 Å². The predicted molar refractivity (Wildman–Crippen MR) is 68.1 cm³/mol. The van der Waals surface area contributed by atoms with Crippen molar-refractivity contribution in [2.24, 2.45) is 0 Å². The number of benzene rings is 1. The van der Waals surface area contributed by atoms with E-state index in [0.29, 0.717) is 22.8 Å². The molecule has 108 valence electrons. The molecule has 6 heteroatoms. The Morgan fingerprint density at radius 3 is 2.45 bits per heavy atom. The molecule has 0 saturated heterocycles. The van der Waals surface area contributed by atoms with Gasteiger partial charge in [-0.05, 0) is 36.8 Å². The van der Waals surface area contributed by atoms with Crippen LogP contribution in [0.3, 0.4) is 0 Å². The molecule has 2 N–H and O–H groups in total. The first-order valence-corrected chi connectivity index (χ1v) is 6.00. The van der Waals surface area contributed by atoms with Gasteiger partial charge >= 0.3 is 6.18 Å². The zero-order chi connectivity index (χ0) is 14.8. The van der Waals surface area contributed by atoms with Crippen molar-refractivity contribution in [1.29, 1.82) is 0 Å². The smallest absolute Gasteiger partial charge is 0.416 e. The molecule has 0 atom stereocenters. The molecule has 0 radical (unpaired) electrons. The molecule has 0 saturated carbocycles. The highest BCUT2D eigenvalue weighted by molar-refractivity contribution is 5.53. The quantitative estimate of drug-likeness (QED) is 0.900. The Hall–Kier alpha value is -1.95. The maximum Gasteiger partial charge on any atom is 0.416 e. The first-order valence-electron chi connectivity index (χ1n) is 6.00. The van der Waals surface area contributed by atoms with Crippen LogP contribution >= 0.6 is 0 Å². The highest BCUT2D eigenvalue weighted by Gasteiger charge is 2.30. The van der Waals surface area contributed by atoms with E-state index in [1.807, 2.05) is 0 Å². The summed E-state index contributed by atoms with van der Waals surface area (Å²) in [7, 11) is 0. The Balaban J connectivity index is 2.12. The average Bonchev–Trinajstić information content (AvgIpc) is 2.84. The maximum atomic E-state index is 12.6. The molecule has 20 heavy (non-hydrogen) atoms. The van der Waals surface area contributed by atoms with Crippen molar-refractivity contribution >= 4 is 5.69 Å². The molecular formula is C14H14F3NO2. The van der Waals surface area contributed by atoms with Crippen LogP contribution in [0.2, 0.25) is 0 Å². The van der Waals surface area contributed by atoms with E-state index in [1.165, 1.54) is 6.07 Å². The number of furan rings is 1. The highest BCUT2D eigenvalue weighted by atomic mass is 19.4. The number of aliphatic hydroxyl groups excluding tert-OH is 1. The molecule has 0 aliphatic heterocycles. The van der Waals surface area contributed by atoms with Crippen LogP contribution in [0.4, 0.5) is 18.9 Å². The minimum absolute atomic E-state index is 0.206. The summed E-state index contributed by atoms with van der Waals surface area (Å²) in [5.41, 5.74) is 0.426. The summed E-state index contributed by atoms with van der Waals surface area (Å²) < 4.78 is 43.2. The molecule has 1 heterocycles. The lowest BCUT2D eigenvalue weighted by atomic mass is 10.1. The van der Waals surface area contributed by atoms with E-state index < -0.39 is 11.7 Å². The van der Waals surface area contributed by atoms with Crippen LogP contribution in [-0.2, 0) is 19.3 Å². The second-order valence-electron chi connectivity index (χ2n) is 4.41. The van der Waals surface area contributed by atoms with E-state index in [-0.39, 0.29) is 13.2 Å². The van der Waals surface area contributed by atoms with Gasteiger partial charge in [0.1, 0.15) is 18.1 Å². The van der Waals surface area contributed by atoms with Crippen molar-refractivity contribution < 1.29 is 22.7 Å². The third-order valence-corrected chi connectivity index (χ3v) is 2.89. The molecule has 0 amide bonds. The summed E-state index contributed by atoms with van der Waals surface area (Å²) in [6.45, 7) is 1.77. The fraction of sp³-hybridized carbons (Fsp3) is 0.286. The average molecular weight is 285 g/mol. The molecule has 1 aromatic heterocycles. The molecule has 0 bridgehead atoms. The SMILES string of the molecule is Cc1ccc(C(F)(F)F)cc1NCc1ccc(CO)o1. The molecule has 0 fully saturated rings. The van der Waals surface area contributed by atoms with Crippen LogP contribution in [-0.4, -0.2) is 5.11 Å². The van der Waals surface area contributed by atoms with E-state index in [9.17, 15) is 13.2 Å². The van der Waals surface area contributed by atoms with Crippen LogP contribution in [0, 0.1) is 6.92 Å². The largest absolute Gasteiger partial charge is 0.462 e. The van der Waals surface area contributed by atoms with Crippen LogP contribution in [0.1, 0.15) is 22.6 Å². The Kier molecular flexibility index (Phi) is 4.04.